The predicted molar refractivity (Wildman–Crippen MR) is 105 cm³/mol. The molecule has 0 bridgehead atoms. The maximum atomic E-state index is 15.7. The second kappa shape index (κ2) is 6.68. The van der Waals surface area contributed by atoms with Crippen LogP contribution in [-0.4, -0.2) is 28.9 Å². The normalized spacial score (nSPS) is 21.5. The van der Waals surface area contributed by atoms with Gasteiger partial charge in [0.05, 0.1) is 12.3 Å². The average molecular weight is 436 g/mol. The van der Waals surface area contributed by atoms with E-state index in [1.54, 1.807) is 0 Å². The van der Waals surface area contributed by atoms with Gasteiger partial charge >= 0.3 is 12.0 Å². The highest BCUT2D eigenvalue weighted by Crippen LogP contribution is 2.53. The van der Waals surface area contributed by atoms with Gasteiger partial charge in [-0.3, -0.25) is 4.79 Å². The summed E-state index contributed by atoms with van der Waals surface area (Å²) in [5.74, 6) is -4.67. The Morgan fingerprint density at radius 2 is 1.69 bits per heavy atom. The minimum absolute atomic E-state index is 0.0328. The van der Waals surface area contributed by atoms with Crippen LogP contribution in [0.5, 0.6) is 0 Å². The Kier molecular flexibility index (Phi) is 4.52. The summed E-state index contributed by atoms with van der Waals surface area (Å²) < 4.78 is 31.5. The molecular formula is C20H13Cl2F2N3O2. The second-order valence-corrected chi connectivity index (χ2v) is 7.77. The summed E-state index contributed by atoms with van der Waals surface area (Å²) in [4.78, 5) is 31.2. The fourth-order valence-corrected chi connectivity index (χ4v) is 4.55. The Hall–Kier alpha value is -2.69. The molecule has 2 saturated heterocycles. The van der Waals surface area contributed by atoms with Crippen LogP contribution < -0.4 is 4.90 Å². The highest BCUT2D eigenvalue weighted by Gasteiger charge is 2.72. The van der Waals surface area contributed by atoms with Gasteiger partial charge in [-0.25, -0.2) is 14.5 Å². The number of rotatable bonds is 3. The maximum absolute atomic E-state index is 15.7. The summed E-state index contributed by atoms with van der Waals surface area (Å²) in [5, 5.41) is 0.353. The molecule has 1 unspecified atom stereocenters. The minimum atomic E-state index is -3.66. The highest BCUT2D eigenvalue weighted by atomic mass is 35.5. The van der Waals surface area contributed by atoms with E-state index in [-0.39, 0.29) is 40.8 Å². The van der Waals surface area contributed by atoms with Gasteiger partial charge in [0.1, 0.15) is 0 Å². The van der Waals surface area contributed by atoms with Gasteiger partial charge in [0.25, 0.3) is 5.91 Å². The molecule has 2 aliphatic heterocycles. The summed E-state index contributed by atoms with van der Waals surface area (Å²) >= 11 is 11.9. The predicted octanol–water partition coefficient (Wildman–Crippen LogP) is 5.64. The lowest BCUT2D eigenvalue weighted by atomic mass is 9.83. The molecule has 0 saturated carbocycles. The molecule has 3 amide bonds. The molecule has 2 heterocycles. The smallest absolute Gasteiger partial charge is 0.303 e. The van der Waals surface area contributed by atoms with E-state index in [0.717, 1.165) is 21.9 Å². The first kappa shape index (κ1) is 19.6. The third kappa shape index (κ3) is 2.70. The Balaban J connectivity index is 1.84. The van der Waals surface area contributed by atoms with Gasteiger partial charge in [-0.1, -0.05) is 47.5 Å². The van der Waals surface area contributed by atoms with Crippen molar-refractivity contribution < 1.29 is 18.4 Å². The van der Waals surface area contributed by atoms with Crippen molar-refractivity contribution in [2.45, 2.75) is 24.3 Å². The van der Waals surface area contributed by atoms with E-state index < -0.39 is 29.0 Å². The van der Waals surface area contributed by atoms with Gasteiger partial charge < -0.3 is 4.90 Å². The lowest BCUT2D eigenvalue weighted by Crippen LogP contribution is -2.57. The number of halogens is 4. The molecule has 1 atom stereocenters. The van der Waals surface area contributed by atoms with Crippen LogP contribution in [0, 0.1) is 6.57 Å². The van der Waals surface area contributed by atoms with Gasteiger partial charge in [-0.15, -0.1) is 0 Å². The Morgan fingerprint density at radius 1 is 1.07 bits per heavy atom. The summed E-state index contributed by atoms with van der Waals surface area (Å²) in [7, 11) is 0. The molecule has 2 aliphatic rings. The molecule has 0 aliphatic carbocycles. The summed E-state index contributed by atoms with van der Waals surface area (Å²) in [6, 6.07) is 8.03. The number of carbonyl (C=O) groups is 2. The molecule has 2 fully saturated rings. The van der Waals surface area contributed by atoms with Crippen LogP contribution >= 0.6 is 23.2 Å². The van der Waals surface area contributed by atoms with Gasteiger partial charge in [0.2, 0.25) is 0 Å². The first-order valence-corrected chi connectivity index (χ1v) is 9.46. The molecular weight excluding hydrogens is 423 g/mol. The number of urea groups is 1. The van der Waals surface area contributed by atoms with Crippen LogP contribution in [0.15, 0.2) is 42.5 Å². The SMILES string of the molecule is [C-]#[N+]c1ccc(C(F)(F)C23CCCN2C(=O)N(c2cc(Cl)cc(Cl)c2)C3=O)cc1. The molecule has 0 N–H and O–H groups in total. The van der Waals surface area contributed by atoms with Crippen molar-refractivity contribution in [3.05, 3.63) is 69.5 Å². The minimum Gasteiger partial charge on any atom is -0.303 e. The molecule has 0 aromatic heterocycles. The van der Waals surface area contributed by atoms with Crippen LogP contribution in [0.2, 0.25) is 10.0 Å². The summed E-state index contributed by atoms with van der Waals surface area (Å²) in [5.41, 5.74) is -2.51. The third-order valence-electron chi connectivity index (χ3n) is 5.34. The Bertz CT molecular complexity index is 1050. The van der Waals surface area contributed by atoms with Crippen molar-refractivity contribution in [2.75, 3.05) is 11.4 Å². The van der Waals surface area contributed by atoms with E-state index in [1.807, 2.05) is 0 Å². The maximum Gasteiger partial charge on any atom is 0.332 e. The zero-order valence-electron chi connectivity index (χ0n) is 14.8. The number of nitrogens with zero attached hydrogens (tertiary/aromatic N) is 3. The van der Waals surface area contributed by atoms with Gasteiger partial charge in [-0.05, 0) is 31.0 Å². The lowest BCUT2D eigenvalue weighted by Gasteiger charge is -2.36. The summed E-state index contributed by atoms with van der Waals surface area (Å²) in [6.45, 7) is 7.00. The monoisotopic (exact) mass is 435 g/mol. The molecule has 9 heteroatoms. The van der Waals surface area contributed by atoms with Crippen LogP contribution in [-0.2, 0) is 10.7 Å². The van der Waals surface area contributed by atoms with E-state index >= 15 is 8.78 Å². The van der Waals surface area contributed by atoms with Crippen LogP contribution in [0.3, 0.4) is 0 Å². The van der Waals surface area contributed by atoms with Crippen molar-refractivity contribution in [1.29, 1.82) is 0 Å². The Labute approximate surface area is 175 Å². The van der Waals surface area contributed by atoms with Crippen LogP contribution in [0.1, 0.15) is 18.4 Å². The number of benzene rings is 2. The van der Waals surface area contributed by atoms with Crippen molar-refractivity contribution >= 4 is 46.5 Å². The van der Waals surface area contributed by atoms with E-state index in [4.69, 9.17) is 29.8 Å². The van der Waals surface area contributed by atoms with Crippen molar-refractivity contribution in [2.24, 2.45) is 0 Å². The molecule has 29 heavy (non-hydrogen) atoms. The van der Waals surface area contributed by atoms with Crippen molar-refractivity contribution in [3.63, 3.8) is 0 Å². The molecule has 5 nitrogen and oxygen atoms in total. The number of hydrogen-bond donors (Lipinski definition) is 0. The molecule has 0 spiro atoms. The second-order valence-electron chi connectivity index (χ2n) is 6.90. The van der Waals surface area contributed by atoms with E-state index in [2.05, 4.69) is 4.85 Å². The standard InChI is InChI=1S/C20H13Cl2F2N3O2/c1-25-15-5-3-12(4-6-15)20(23,24)19-7-2-8-26(19)18(29)27(17(19)28)16-10-13(21)9-14(22)11-16/h3-6,9-11H,2,7-8H2. The average Bonchev–Trinajstić information content (AvgIpc) is 3.21. The zero-order valence-corrected chi connectivity index (χ0v) is 16.3. The van der Waals surface area contributed by atoms with Gasteiger partial charge in [0, 0.05) is 22.2 Å². The first-order valence-electron chi connectivity index (χ1n) is 8.70. The fraction of sp³-hybridized carbons (Fsp3) is 0.250. The molecule has 4 rings (SSSR count). The largest absolute Gasteiger partial charge is 0.332 e. The van der Waals surface area contributed by atoms with E-state index in [0.29, 0.717) is 0 Å². The quantitative estimate of drug-likeness (QED) is 0.462. The third-order valence-corrected chi connectivity index (χ3v) is 5.78. The highest BCUT2D eigenvalue weighted by molar-refractivity contribution is 6.35. The van der Waals surface area contributed by atoms with E-state index in [1.165, 1.54) is 30.3 Å². The van der Waals surface area contributed by atoms with Gasteiger partial charge in [-0.2, -0.15) is 8.78 Å². The summed E-state index contributed by atoms with van der Waals surface area (Å²) in [6.07, 6.45) is 0.0945. The fourth-order valence-electron chi connectivity index (χ4n) is 4.03. The molecule has 2 aromatic carbocycles. The molecule has 148 valence electrons. The zero-order chi connectivity index (χ0) is 21.0. The lowest BCUT2D eigenvalue weighted by molar-refractivity contribution is -0.152. The van der Waals surface area contributed by atoms with Crippen molar-refractivity contribution in [3.8, 4) is 0 Å². The number of fused-ring (bicyclic) bond motifs is 1. The topological polar surface area (TPSA) is 45.0 Å². The van der Waals surface area contributed by atoms with Crippen LogP contribution in [0.4, 0.5) is 25.0 Å². The van der Waals surface area contributed by atoms with Gasteiger partial charge in [0.15, 0.2) is 11.2 Å². The number of imide groups is 1. The van der Waals surface area contributed by atoms with E-state index in [9.17, 15) is 9.59 Å². The Morgan fingerprint density at radius 3 is 2.28 bits per heavy atom. The number of alkyl halides is 2. The molecule has 0 radical (unpaired) electrons. The molecule has 2 aromatic rings. The number of hydrogen-bond acceptors (Lipinski definition) is 2. The number of carbonyl (C=O) groups excluding carboxylic acids is 2. The van der Waals surface area contributed by atoms with Crippen molar-refractivity contribution in [1.82, 2.24) is 4.90 Å². The number of anilines is 1. The number of amides is 3. The first-order chi connectivity index (χ1) is 13.7. The van der Waals surface area contributed by atoms with Crippen LogP contribution in [0.25, 0.3) is 4.85 Å².